The molecule has 2 aliphatic rings. The molecule has 0 bridgehead atoms. The molecule has 16 atom stereocenters. The number of aliphatic hydroxyl groups is 1. The number of hydrogen-bond acceptors (Lipinski definition) is 21. The maximum absolute atomic E-state index is 15.5. The van der Waals surface area contributed by atoms with Crippen LogP contribution in [0.15, 0.2) is 140 Å². The van der Waals surface area contributed by atoms with Crippen LogP contribution in [0.3, 0.4) is 0 Å². The van der Waals surface area contributed by atoms with Gasteiger partial charge in [-0.1, -0.05) is 203 Å². The van der Waals surface area contributed by atoms with Crippen LogP contribution in [0.4, 0.5) is 0 Å². The molecule has 0 spiro atoms. The van der Waals surface area contributed by atoms with Crippen molar-refractivity contribution >= 4 is 129 Å². The molecule has 1 saturated heterocycles. The predicted octanol–water partition coefficient (Wildman–Crippen LogP) is 1.80. The Morgan fingerprint density at radius 3 is 1.48 bits per heavy atom. The molecule has 0 unspecified atom stereocenters. The molecule has 0 radical (unpaired) electrons. The summed E-state index contributed by atoms with van der Waals surface area (Å²) in [6.45, 7) is 16.9. The van der Waals surface area contributed by atoms with Crippen molar-refractivity contribution < 1.29 is 96.8 Å². The number of hydrogen-bond donors (Lipinski definition) is 22. The molecule has 1 aromatic heterocycles. The number of aliphatic carboxylic acids is 1. The number of primary amides is 1. The molecule has 40 nitrogen and oxygen atoms in total. The number of carboxylic acid groups (broad SMARTS) is 1. The van der Waals surface area contributed by atoms with Crippen molar-refractivity contribution in [1.82, 2.24) is 89.6 Å². The van der Waals surface area contributed by atoms with Gasteiger partial charge < -0.3 is 116 Å². The van der Waals surface area contributed by atoms with E-state index in [4.69, 9.17) is 16.9 Å². The van der Waals surface area contributed by atoms with E-state index >= 15 is 47.9 Å². The van der Waals surface area contributed by atoms with Gasteiger partial charge in [-0.15, -0.1) is 11.8 Å². The zero-order chi connectivity index (χ0) is 104. The molecule has 8 rings (SSSR count). The third kappa shape index (κ3) is 35.1. The van der Waals surface area contributed by atoms with Gasteiger partial charge in [-0.3, -0.25) is 86.9 Å². The summed E-state index contributed by atoms with van der Waals surface area (Å²) >= 11 is 0.722. The first-order chi connectivity index (χ1) is 66.8. The number of fused-ring (bicyclic) bond motifs is 1. The minimum Gasteiger partial charge on any atom is -0.508 e. The maximum Gasteiger partial charge on any atom is 0.305 e. The normalized spacial score (nSPS) is 23.9. The lowest BCUT2D eigenvalue weighted by atomic mass is 9.84. The Kier molecular flexibility index (Phi) is 43.4. The first kappa shape index (κ1) is 112. The number of aromatic hydroxyl groups is 1. The number of aromatic nitrogens is 1. The number of nitrogens with two attached hydrogens (primary N) is 2. The summed E-state index contributed by atoms with van der Waals surface area (Å²) in [5.41, 5.74) is 15.2. The number of carbonyl (C=O) groups excluding carboxylic acids is 16. The largest absolute Gasteiger partial charge is 0.508 e. The fourth-order valence-electron chi connectivity index (χ4n) is 16.5. The van der Waals surface area contributed by atoms with Crippen LogP contribution in [0.5, 0.6) is 5.75 Å². The zero-order valence-corrected chi connectivity index (χ0v) is 82.5. The number of para-hydroxylation sites is 1. The molecule has 1 saturated carbocycles. The second kappa shape index (κ2) is 54.5. The van der Waals surface area contributed by atoms with E-state index in [0.717, 1.165) is 54.0 Å². The number of likely N-dealkylation sites (N-methyl/N-ethyl adjacent to an activating group) is 1. The Hall–Kier alpha value is -14.0. The highest BCUT2D eigenvalue weighted by atomic mass is 32.2. The highest BCUT2D eigenvalue weighted by Crippen LogP contribution is 2.29. The fourth-order valence-corrected chi connectivity index (χ4v) is 17.3. The molecule has 2 heterocycles. The summed E-state index contributed by atoms with van der Waals surface area (Å²) in [6, 6.07) is 13.3. The number of amides is 16. The molecule has 41 heteroatoms. The van der Waals surface area contributed by atoms with Crippen molar-refractivity contribution in [2.24, 2.45) is 41.1 Å². The van der Waals surface area contributed by atoms with Gasteiger partial charge in [0.1, 0.15) is 96.4 Å². The van der Waals surface area contributed by atoms with E-state index in [2.05, 4.69) is 84.7 Å². The molecular weight excluding hydrogens is 1830 g/mol. The molecule has 24 N–H and O–H groups in total. The summed E-state index contributed by atoms with van der Waals surface area (Å²) in [5, 5.41) is 80.6. The number of rotatable bonds is 26. The number of carboxylic acids is 1. The number of phenolic OH excluding ortho intramolecular Hbond substituents is 1. The summed E-state index contributed by atoms with van der Waals surface area (Å²) in [7, 11) is 1.31. The third-order valence-corrected chi connectivity index (χ3v) is 25.8. The van der Waals surface area contributed by atoms with Gasteiger partial charge >= 0.3 is 5.97 Å². The number of aromatic amines is 1. The predicted molar refractivity (Wildman–Crippen MR) is 529 cm³/mol. The van der Waals surface area contributed by atoms with Crippen LogP contribution in [0.2, 0.25) is 0 Å². The average Bonchev–Trinajstić information content (AvgIpc) is 1.68. The standard InChI is InChI=1S/C100H138N20O20S/c1-53(2)43-71-88(129)108-70(33-24-42-104-100(102)103)87(128)110-74(45-61-27-18-14-19-28-61)92(133)117-82(55(5)6)97(138)119-84(59(11)121)98(139)115-78(95(136)106-57(9)85(101)126)51-141-52-79(123)107-72(44-60-25-16-13-17-26-60)89(130)111-73(47-63-36-40-67(122)41-37-63)90(131)113-77(49-80(124)125)91(132)112-76(48-66-50-105-69-32-23-22-31-68(66)69)94(135)116-81(54(3)4)96(137)114-75(46-62-34-38-65(39-35-62)64-29-20-15-21-30-64)93(134)118-83(56(7)8)99(140)120(12)58(10)86(127)109-71/h13,15-17,20-23,25-26,29-32,34-41,50,53-59,61,70-78,81-84,105,121-122H,14,18-19,24,27-28,33,42-49,51-52H2,1-12H3,(H2,101,126)(H,106,136)(H,107,123)(H,108,129)(H,109,127)(H,110,128)(H,111,130)(H,112,132)(H,113,131)(H,114,137)(H,115,139)(H,116,135)(H,117,133)(H,118,134)(H,119,138)(H,124,125)(H4,102,103,104)/t57-,58-,59+,70-,71+,72-,73-,74-,75-,76-,77-,78-,81-,82-,83-,84-/m0/s1. The van der Waals surface area contributed by atoms with Crippen molar-refractivity contribution in [2.45, 2.75) is 263 Å². The summed E-state index contributed by atoms with van der Waals surface area (Å²) < 4.78 is 0. The summed E-state index contributed by atoms with van der Waals surface area (Å²) in [6.07, 6.45) is 1.15. The molecule has 5 aromatic carbocycles. The molecule has 6 aromatic rings. The lowest BCUT2D eigenvalue weighted by molar-refractivity contribution is -0.143. The molecular formula is C100H138N20O20S. The van der Waals surface area contributed by atoms with Crippen molar-refractivity contribution in [2.75, 3.05) is 25.1 Å². The Labute approximate surface area is 824 Å². The van der Waals surface area contributed by atoms with Crippen molar-refractivity contribution in [3.05, 3.63) is 162 Å². The van der Waals surface area contributed by atoms with Crippen LogP contribution in [0.25, 0.3) is 22.0 Å². The number of nitrogens with one attached hydrogen (secondary N) is 17. The quantitative estimate of drug-likeness (QED) is 0.0209. The van der Waals surface area contributed by atoms with Crippen LogP contribution in [-0.2, 0) is 107 Å². The molecule has 764 valence electrons. The second-order valence-corrected chi connectivity index (χ2v) is 38.7. The topological polar surface area (TPSA) is 626 Å². The van der Waals surface area contributed by atoms with E-state index in [-0.39, 0.29) is 69.1 Å². The number of phenols is 1. The van der Waals surface area contributed by atoms with E-state index in [1.165, 1.54) is 45.2 Å². The minimum atomic E-state index is -2.06. The number of thioether (sulfide) groups is 1. The van der Waals surface area contributed by atoms with E-state index in [0.29, 0.717) is 46.0 Å². The van der Waals surface area contributed by atoms with E-state index in [1.54, 1.807) is 128 Å². The summed E-state index contributed by atoms with van der Waals surface area (Å²) in [5.74, 6) is -21.8. The van der Waals surface area contributed by atoms with Crippen molar-refractivity contribution in [3.8, 4) is 16.9 Å². The first-order valence-corrected chi connectivity index (χ1v) is 48.9. The molecule has 1 aliphatic heterocycles. The Morgan fingerprint density at radius 1 is 0.482 bits per heavy atom. The third-order valence-electron chi connectivity index (χ3n) is 24.7. The monoisotopic (exact) mass is 1970 g/mol. The van der Waals surface area contributed by atoms with Gasteiger partial charge in [-0.2, -0.15) is 0 Å². The zero-order valence-electron chi connectivity index (χ0n) is 81.7. The average molecular weight is 1970 g/mol. The van der Waals surface area contributed by atoms with Crippen LogP contribution < -0.4 is 91.2 Å². The number of aliphatic hydroxyl groups excluding tert-OH is 1. The van der Waals surface area contributed by atoms with Crippen molar-refractivity contribution in [3.63, 3.8) is 0 Å². The van der Waals surface area contributed by atoms with Gasteiger partial charge in [-0.05, 0) is 128 Å². The smallest absolute Gasteiger partial charge is 0.305 e. The fraction of sp³-hybridized carbons (Fsp3) is 0.500. The number of carbonyl (C=O) groups is 17. The van der Waals surface area contributed by atoms with Gasteiger partial charge in [0.05, 0.1) is 18.3 Å². The van der Waals surface area contributed by atoms with E-state index in [9.17, 15) is 48.9 Å². The minimum absolute atomic E-state index is 0.0322. The van der Waals surface area contributed by atoms with Crippen LogP contribution in [-0.4, -0.2) is 253 Å². The highest BCUT2D eigenvalue weighted by Gasteiger charge is 2.43. The van der Waals surface area contributed by atoms with Crippen LogP contribution >= 0.6 is 11.8 Å². The van der Waals surface area contributed by atoms with Gasteiger partial charge in [0, 0.05) is 62.1 Å². The van der Waals surface area contributed by atoms with E-state index < -0.39 is 245 Å². The molecule has 141 heavy (non-hydrogen) atoms. The highest BCUT2D eigenvalue weighted by molar-refractivity contribution is 8.00. The number of nitrogens with zero attached hydrogens (tertiary/aromatic N) is 1. The molecule has 16 amide bonds. The molecule has 2 fully saturated rings. The number of guanidine groups is 1. The first-order valence-electron chi connectivity index (χ1n) is 47.7. The van der Waals surface area contributed by atoms with Gasteiger partial charge in [0.2, 0.25) is 94.5 Å². The van der Waals surface area contributed by atoms with Crippen LogP contribution in [0.1, 0.15) is 163 Å². The maximum atomic E-state index is 15.5. The second-order valence-electron chi connectivity index (χ2n) is 37.6. The van der Waals surface area contributed by atoms with E-state index in [1.807, 2.05) is 42.5 Å². The number of benzene rings is 5. The lowest BCUT2D eigenvalue weighted by Gasteiger charge is -2.33. The van der Waals surface area contributed by atoms with Crippen LogP contribution in [0, 0.1) is 35.0 Å². The van der Waals surface area contributed by atoms with Gasteiger partial charge in [0.25, 0.3) is 0 Å². The van der Waals surface area contributed by atoms with Gasteiger partial charge in [-0.25, -0.2) is 0 Å². The molecule has 1 aliphatic carbocycles. The lowest BCUT2D eigenvalue weighted by Crippen LogP contribution is -2.63. The summed E-state index contributed by atoms with van der Waals surface area (Å²) in [4.78, 5) is 255. The number of H-pyrrole nitrogens is 1. The van der Waals surface area contributed by atoms with Gasteiger partial charge in [0.15, 0.2) is 5.96 Å². The Balaban J connectivity index is 1.21. The SMILES string of the molecule is CC(C)C[C@H]1NC(=O)[C@H](C)N(C)C(=O)[C@H](C(C)C)NC(=O)[C@H](Cc2ccc(-c3ccccc3)cc2)NC(=O)[C@H](C(C)C)NC(=O)[C@H](Cc2c[nH]c3ccccc23)NC(=O)[C@H](CC(=O)O)NC(=O)[C@H](Cc2ccc(O)cc2)NC(=O)[C@H](Cc2ccccc2)NC(=O)CSC[C@@H](C(=O)N[C@@H](C)C(N)=O)NC(=O)[C@H]([C@@H](C)O)NC(=O)[C@H](C(C)C)NC(=O)[C@H](CC2CCCCC2)NC(=O)[C@H](CCCNC(=N)N)NC1=O. The Bertz CT molecular complexity index is 5330. The Morgan fingerprint density at radius 2 is 0.922 bits per heavy atom. The van der Waals surface area contributed by atoms with Crippen molar-refractivity contribution in [1.29, 1.82) is 5.41 Å².